The van der Waals surface area contributed by atoms with Gasteiger partial charge in [-0.25, -0.2) is 0 Å². The maximum absolute atomic E-state index is 12.8. The third kappa shape index (κ3) is 3.10. The van der Waals surface area contributed by atoms with Gasteiger partial charge in [-0.3, -0.25) is 9.10 Å². The molecule has 1 heterocycles. The Kier molecular flexibility index (Phi) is 4.25. The molecule has 0 radical (unpaired) electrons. The first-order valence-corrected chi connectivity index (χ1v) is 7.70. The maximum Gasteiger partial charge on any atom is 0.234 e. The van der Waals surface area contributed by atoms with E-state index < -0.39 is 0 Å². The zero-order valence-corrected chi connectivity index (χ0v) is 12.4. The maximum atomic E-state index is 12.8. The summed E-state index contributed by atoms with van der Waals surface area (Å²) in [5.41, 5.74) is 3.48. The quantitative estimate of drug-likeness (QED) is 0.779. The van der Waals surface area contributed by atoms with E-state index in [1.54, 1.807) is 0 Å². The van der Waals surface area contributed by atoms with E-state index in [9.17, 15) is 8.68 Å². The summed E-state index contributed by atoms with van der Waals surface area (Å²) in [6.45, 7) is 0. The molecule has 108 valence electrons. The van der Waals surface area contributed by atoms with Gasteiger partial charge in [0.1, 0.15) is 0 Å². The highest BCUT2D eigenvalue weighted by molar-refractivity contribution is 7.92. The minimum Gasteiger partial charge on any atom is -0.274 e. The van der Waals surface area contributed by atoms with Crippen LogP contribution in [-0.2, 0) is 11.2 Å². The van der Waals surface area contributed by atoms with Crippen LogP contribution in [0.5, 0.6) is 0 Å². The van der Waals surface area contributed by atoms with Crippen molar-refractivity contribution in [2.24, 2.45) is 0 Å². The van der Waals surface area contributed by atoms with Gasteiger partial charge in [-0.2, -0.15) is 0 Å². The molecule has 0 unspecified atom stereocenters. The van der Waals surface area contributed by atoms with Gasteiger partial charge in [0.25, 0.3) is 0 Å². The number of hydrogen-bond acceptors (Lipinski definition) is 2. The van der Waals surface area contributed by atoms with Crippen LogP contribution in [0.2, 0.25) is 0 Å². The summed E-state index contributed by atoms with van der Waals surface area (Å²) in [5.74, 6) is -0.103. The van der Waals surface area contributed by atoms with Gasteiger partial charge in [0.2, 0.25) is 5.91 Å². The molecule has 2 aromatic carbocycles. The number of carbonyl (C=O) groups is 1. The van der Waals surface area contributed by atoms with E-state index >= 15 is 0 Å². The van der Waals surface area contributed by atoms with Crippen LogP contribution in [0.1, 0.15) is 18.4 Å². The monoisotopic (exact) mass is 301 g/mol. The summed E-state index contributed by atoms with van der Waals surface area (Å²) in [4.78, 5) is 11.5. The van der Waals surface area contributed by atoms with Crippen LogP contribution >= 0.6 is 12.3 Å². The summed E-state index contributed by atoms with van der Waals surface area (Å²) in [5, 5.41) is 0. The molecule has 1 fully saturated rings. The van der Waals surface area contributed by atoms with Crippen molar-refractivity contribution in [3.8, 4) is 11.1 Å². The lowest BCUT2D eigenvalue weighted by Gasteiger charge is -2.19. The molecule has 1 amide bonds. The van der Waals surface area contributed by atoms with Crippen LogP contribution in [0.4, 0.5) is 3.89 Å². The highest BCUT2D eigenvalue weighted by atomic mass is 32.2. The fourth-order valence-electron chi connectivity index (χ4n) is 2.74. The molecule has 2 aromatic rings. The average Bonchev–Trinajstić information content (AvgIpc) is 2.89. The van der Waals surface area contributed by atoms with Gasteiger partial charge in [-0.1, -0.05) is 54.6 Å². The number of nitrogens with zero attached hydrogens (tertiary/aromatic N) is 1. The number of amides is 1. The first-order valence-electron chi connectivity index (χ1n) is 7.03. The van der Waals surface area contributed by atoms with Crippen molar-refractivity contribution in [2.45, 2.75) is 25.3 Å². The Morgan fingerprint density at radius 1 is 1.05 bits per heavy atom. The third-order valence-corrected chi connectivity index (χ3v) is 4.53. The van der Waals surface area contributed by atoms with Gasteiger partial charge >= 0.3 is 0 Å². The van der Waals surface area contributed by atoms with Crippen molar-refractivity contribution in [1.82, 2.24) is 4.31 Å². The Morgan fingerprint density at radius 2 is 1.71 bits per heavy atom. The van der Waals surface area contributed by atoms with Gasteiger partial charge in [0, 0.05) is 6.42 Å². The number of rotatable bonds is 4. The van der Waals surface area contributed by atoms with Crippen LogP contribution < -0.4 is 0 Å². The van der Waals surface area contributed by atoms with Gasteiger partial charge in [-0.05, 0) is 29.5 Å². The Labute approximate surface area is 128 Å². The van der Waals surface area contributed by atoms with E-state index in [2.05, 4.69) is 36.4 Å². The lowest BCUT2D eigenvalue weighted by Crippen LogP contribution is -2.27. The van der Waals surface area contributed by atoms with E-state index in [4.69, 9.17) is 0 Å². The second-order valence-corrected chi connectivity index (χ2v) is 5.78. The van der Waals surface area contributed by atoms with Gasteiger partial charge < -0.3 is 0 Å². The van der Waals surface area contributed by atoms with E-state index in [1.165, 1.54) is 15.4 Å². The summed E-state index contributed by atoms with van der Waals surface area (Å²) in [6, 6.07) is 18.4. The molecule has 1 aliphatic heterocycles. The van der Waals surface area contributed by atoms with E-state index in [0.29, 0.717) is 12.8 Å². The van der Waals surface area contributed by atoms with E-state index in [0.717, 1.165) is 12.0 Å². The lowest BCUT2D eigenvalue weighted by molar-refractivity contribution is -0.124. The SMILES string of the molecule is O=C1CC[C@@H](Cc2ccc(-c3ccccc3)cc2)N1SF. The van der Waals surface area contributed by atoms with Crippen molar-refractivity contribution >= 4 is 18.2 Å². The minimum absolute atomic E-state index is 0.0323. The molecule has 1 saturated heterocycles. The molecule has 0 N–H and O–H groups in total. The summed E-state index contributed by atoms with van der Waals surface area (Å²) >= 11 is 0.0517. The Morgan fingerprint density at radius 3 is 2.38 bits per heavy atom. The topological polar surface area (TPSA) is 20.3 Å². The first-order chi connectivity index (χ1) is 10.3. The summed E-state index contributed by atoms with van der Waals surface area (Å²) < 4.78 is 14.1. The molecule has 21 heavy (non-hydrogen) atoms. The van der Waals surface area contributed by atoms with E-state index in [1.807, 2.05) is 18.2 Å². The van der Waals surface area contributed by atoms with Crippen LogP contribution in [0.25, 0.3) is 11.1 Å². The molecule has 3 rings (SSSR count). The highest BCUT2D eigenvalue weighted by Gasteiger charge is 2.32. The molecule has 0 saturated carbocycles. The number of benzene rings is 2. The van der Waals surface area contributed by atoms with Crippen molar-refractivity contribution in [3.63, 3.8) is 0 Å². The molecule has 1 atom stereocenters. The Hall–Kier alpha value is -1.81. The largest absolute Gasteiger partial charge is 0.274 e. The molecule has 0 bridgehead atoms. The fourth-order valence-corrected chi connectivity index (χ4v) is 3.20. The summed E-state index contributed by atoms with van der Waals surface area (Å²) in [6.07, 6.45) is 1.89. The van der Waals surface area contributed by atoms with Crippen LogP contribution in [0.15, 0.2) is 54.6 Å². The Bertz CT molecular complexity index is 614. The number of carbonyl (C=O) groups excluding carboxylic acids is 1. The molecule has 2 nitrogen and oxygen atoms in total. The molecular weight excluding hydrogens is 285 g/mol. The smallest absolute Gasteiger partial charge is 0.234 e. The molecule has 1 aliphatic rings. The average molecular weight is 301 g/mol. The minimum atomic E-state index is -0.103. The second-order valence-electron chi connectivity index (χ2n) is 5.25. The van der Waals surface area contributed by atoms with Crippen molar-refractivity contribution < 1.29 is 8.68 Å². The van der Waals surface area contributed by atoms with Gasteiger partial charge in [-0.15, -0.1) is 3.89 Å². The summed E-state index contributed by atoms with van der Waals surface area (Å²) in [7, 11) is 0. The molecular formula is C17H16FNOS. The fraction of sp³-hybridized carbons (Fsp3) is 0.235. The van der Waals surface area contributed by atoms with Crippen LogP contribution in [0.3, 0.4) is 0 Å². The predicted molar refractivity (Wildman–Crippen MR) is 84.1 cm³/mol. The van der Waals surface area contributed by atoms with Crippen molar-refractivity contribution in [3.05, 3.63) is 60.2 Å². The standard InChI is InChI=1S/C17H16FNOS/c18-21-19-16(10-11-17(19)20)12-13-6-8-15(9-7-13)14-4-2-1-3-5-14/h1-9,16H,10-12H2/t16-/m0/s1. The van der Waals surface area contributed by atoms with Crippen LogP contribution in [0, 0.1) is 0 Å². The zero-order chi connectivity index (χ0) is 14.7. The normalized spacial score (nSPS) is 18.2. The molecule has 0 aromatic heterocycles. The van der Waals surface area contributed by atoms with Gasteiger partial charge in [0.05, 0.1) is 6.04 Å². The van der Waals surface area contributed by atoms with E-state index in [-0.39, 0.29) is 24.3 Å². The molecule has 0 spiro atoms. The van der Waals surface area contributed by atoms with Crippen molar-refractivity contribution in [2.75, 3.05) is 0 Å². The predicted octanol–water partition coefficient (Wildman–Crippen LogP) is 4.42. The van der Waals surface area contributed by atoms with Crippen LogP contribution in [-0.4, -0.2) is 16.3 Å². The number of halogens is 1. The third-order valence-electron chi connectivity index (χ3n) is 3.88. The second kappa shape index (κ2) is 6.31. The Balaban J connectivity index is 1.72. The van der Waals surface area contributed by atoms with Gasteiger partial charge in [0.15, 0.2) is 12.3 Å². The highest BCUT2D eigenvalue weighted by Crippen LogP contribution is 2.30. The molecule has 4 heteroatoms. The lowest BCUT2D eigenvalue weighted by atomic mass is 10.0. The molecule has 0 aliphatic carbocycles. The zero-order valence-electron chi connectivity index (χ0n) is 11.5. The first kappa shape index (κ1) is 14.1. The van der Waals surface area contributed by atoms with Crippen molar-refractivity contribution in [1.29, 1.82) is 0 Å². The number of hydrogen-bond donors (Lipinski definition) is 0.